The number of ether oxygens (including phenoxy) is 1. The Kier molecular flexibility index (Phi) is 3.13. The van der Waals surface area contributed by atoms with Crippen LogP contribution >= 0.6 is 11.3 Å². The lowest BCUT2D eigenvalue weighted by Crippen LogP contribution is -2.35. The molecule has 1 atom stereocenters. The normalized spacial score (nSPS) is 18.5. The first-order chi connectivity index (χ1) is 9.29. The number of aliphatic imine (C=N–C) groups is 1. The minimum atomic E-state index is 0.202. The van der Waals surface area contributed by atoms with Crippen LogP contribution in [0.2, 0.25) is 0 Å². The summed E-state index contributed by atoms with van der Waals surface area (Å²) in [7, 11) is 1.66. The van der Waals surface area contributed by atoms with Gasteiger partial charge in [0, 0.05) is 10.6 Å². The van der Waals surface area contributed by atoms with Gasteiger partial charge in [-0.1, -0.05) is 6.07 Å². The summed E-state index contributed by atoms with van der Waals surface area (Å²) >= 11 is 1.73. The number of guanidine groups is 1. The molecule has 1 aliphatic heterocycles. The molecule has 1 aliphatic rings. The Bertz CT molecular complexity index is 577. The first-order valence-corrected chi connectivity index (χ1v) is 6.94. The van der Waals surface area contributed by atoms with Crippen molar-refractivity contribution in [2.45, 2.75) is 6.04 Å². The van der Waals surface area contributed by atoms with E-state index in [1.54, 1.807) is 18.4 Å². The second-order valence-corrected chi connectivity index (χ2v) is 5.28. The maximum atomic E-state index is 6.03. The average Bonchev–Trinajstić information content (AvgIpc) is 3.08. The lowest BCUT2D eigenvalue weighted by molar-refractivity contribution is 0.415. The Morgan fingerprint density at radius 3 is 2.74 bits per heavy atom. The van der Waals surface area contributed by atoms with Crippen LogP contribution < -0.4 is 15.4 Å². The number of benzene rings is 1. The van der Waals surface area contributed by atoms with Gasteiger partial charge in [-0.05, 0) is 35.7 Å². The van der Waals surface area contributed by atoms with Crippen LogP contribution in [0.25, 0.3) is 0 Å². The lowest BCUT2D eigenvalue weighted by atomic mass is 10.2. The van der Waals surface area contributed by atoms with Crippen molar-refractivity contribution in [3.05, 3.63) is 46.7 Å². The standard InChI is InChI=1S/C14H15N3OS/c1-18-11-6-4-10(5-7-11)17-12(9-16-14(17)15)13-3-2-8-19-13/h2-8,12H,9H2,1H3,(H2,15,16). The van der Waals surface area contributed by atoms with Crippen molar-refractivity contribution in [3.8, 4) is 5.75 Å². The van der Waals surface area contributed by atoms with Crippen LogP contribution in [-0.4, -0.2) is 19.6 Å². The summed E-state index contributed by atoms with van der Waals surface area (Å²) in [4.78, 5) is 7.72. The Balaban J connectivity index is 1.93. The molecule has 2 heterocycles. The minimum absolute atomic E-state index is 0.202. The molecule has 0 amide bonds. The number of thiophene rings is 1. The van der Waals surface area contributed by atoms with Gasteiger partial charge in [-0.25, -0.2) is 0 Å². The summed E-state index contributed by atoms with van der Waals surface area (Å²) < 4.78 is 5.18. The van der Waals surface area contributed by atoms with E-state index in [-0.39, 0.29) is 6.04 Å². The van der Waals surface area contributed by atoms with Crippen LogP contribution in [0, 0.1) is 0 Å². The van der Waals surface area contributed by atoms with E-state index >= 15 is 0 Å². The zero-order valence-corrected chi connectivity index (χ0v) is 11.4. The zero-order chi connectivity index (χ0) is 13.2. The predicted octanol–water partition coefficient (Wildman–Crippen LogP) is 2.63. The van der Waals surface area contributed by atoms with Gasteiger partial charge in [-0.3, -0.25) is 4.99 Å². The van der Waals surface area contributed by atoms with Crippen LogP contribution in [0.3, 0.4) is 0 Å². The smallest absolute Gasteiger partial charge is 0.196 e. The number of methoxy groups -OCH3 is 1. The Morgan fingerprint density at radius 2 is 2.11 bits per heavy atom. The van der Waals surface area contributed by atoms with Gasteiger partial charge in [-0.2, -0.15) is 0 Å². The van der Waals surface area contributed by atoms with Crippen molar-refractivity contribution in [2.75, 3.05) is 18.6 Å². The van der Waals surface area contributed by atoms with Crippen molar-refractivity contribution in [1.82, 2.24) is 0 Å². The van der Waals surface area contributed by atoms with Gasteiger partial charge in [0.2, 0.25) is 0 Å². The van der Waals surface area contributed by atoms with Gasteiger partial charge in [0.05, 0.1) is 19.7 Å². The maximum absolute atomic E-state index is 6.03. The number of nitrogens with two attached hydrogens (primary N) is 1. The number of hydrogen-bond acceptors (Lipinski definition) is 5. The second-order valence-electron chi connectivity index (χ2n) is 4.30. The highest BCUT2D eigenvalue weighted by Crippen LogP contribution is 2.33. The molecule has 2 N–H and O–H groups in total. The van der Waals surface area contributed by atoms with Gasteiger partial charge < -0.3 is 15.4 Å². The van der Waals surface area contributed by atoms with E-state index in [4.69, 9.17) is 10.5 Å². The highest BCUT2D eigenvalue weighted by molar-refractivity contribution is 7.10. The molecule has 1 unspecified atom stereocenters. The molecule has 0 spiro atoms. The topological polar surface area (TPSA) is 50.9 Å². The quantitative estimate of drug-likeness (QED) is 0.935. The molecule has 5 heteroatoms. The van der Waals surface area contributed by atoms with Gasteiger partial charge in [0.1, 0.15) is 5.75 Å². The zero-order valence-electron chi connectivity index (χ0n) is 10.6. The first kappa shape index (κ1) is 12.0. The molecule has 0 saturated heterocycles. The second kappa shape index (κ2) is 4.93. The van der Waals surface area contributed by atoms with Gasteiger partial charge >= 0.3 is 0 Å². The van der Waals surface area contributed by atoms with E-state index in [1.165, 1.54) is 4.88 Å². The highest BCUT2D eigenvalue weighted by Gasteiger charge is 2.29. The van der Waals surface area contributed by atoms with Gasteiger partial charge in [0.25, 0.3) is 0 Å². The number of nitrogens with zero attached hydrogens (tertiary/aromatic N) is 2. The molecule has 2 aromatic rings. The summed E-state index contributed by atoms with van der Waals surface area (Å²) in [6.07, 6.45) is 0. The molecule has 0 saturated carbocycles. The predicted molar refractivity (Wildman–Crippen MR) is 79.0 cm³/mol. The monoisotopic (exact) mass is 273 g/mol. The third kappa shape index (κ3) is 2.17. The van der Waals surface area contributed by atoms with E-state index in [1.807, 2.05) is 24.3 Å². The molecule has 19 heavy (non-hydrogen) atoms. The maximum Gasteiger partial charge on any atom is 0.196 e. The van der Waals surface area contributed by atoms with Crippen molar-refractivity contribution in [2.24, 2.45) is 10.7 Å². The SMILES string of the molecule is COc1ccc(N2C(N)=NCC2c2cccs2)cc1. The number of rotatable bonds is 3. The fourth-order valence-corrected chi connectivity index (χ4v) is 3.06. The van der Waals surface area contributed by atoms with Crippen LogP contribution in [0.4, 0.5) is 5.69 Å². The van der Waals surface area contributed by atoms with E-state index in [0.717, 1.165) is 11.4 Å². The summed E-state index contributed by atoms with van der Waals surface area (Å²) in [6.45, 7) is 0.707. The molecule has 0 radical (unpaired) electrons. The fourth-order valence-electron chi connectivity index (χ4n) is 2.25. The summed E-state index contributed by atoms with van der Waals surface area (Å²) in [6, 6.07) is 12.3. The van der Waals surface area contributed by atoms with Crippen molar-refractivity contribution in [3.63, 3.8) is 0 Å². The van der Waals surface area contributed by atoms with Crippen LogP contribution in [-0.2, 0) is 0 Å². The average molecular weight is 273 g/mol. The lowest BCUT2D eigenvalue weighted by Gasteiger charge is -2.25. The molecule has 4 nitrogen and oxygen atoms in total. The number of hydrogen-bond donors (Lipinski definition) is 1. The van der Waals surface area contributed by atoms with Crippen molar-refractivity contribution >= 4 is 23.0 Å². The third-order valence-corrected chi connectivity index (χ3v) is 4.18. The largest absolute Gasteiger partial charge is 0.497 e. The molecular formula is C14H15N3OS. The van der Waals surface area contributed by atoms with Gasteiger partial charge in [-0.15, -0.1) is 11.3 Å². The third-order valence-electron chi connectivity index (χ3n) is 3.21. The first-order valence-electron chi connectivity index (χ1n) is 6.06. The molecule has 0 fully saturated rings. The van der Waals surface area contributed by atoms with Crippen LogP contribution in [0.5, 0.6) is 5.75 Å². The Morgan fingerprint density at radius 1 is 1.32 bits per heavy atom. The number of anilines is 1. The molecule has 0 bridgehead atoms. The van der Waals surface area contributed by atoms with E-state index < -0.39 is 0 Å². The van der Waals surface area contributed by atoms with E-state index in [9.17, 15) is 0 Å². The highest BCUT2D eigenvalue weighted by atomic mass is 32.1. The Hall–Kier alpha value is -2.01. The van der Waals surface area contributed by atoms with Crippen LogP contribution in [0.15, 0.2) is 46.8 Å². The fraction of sp³-hybridized carbons (Fsp3) is 0.214. The van der Waals surface area contributed by atoms with E-state index in [2.05, 4.69) is 27.4 Å². The molecule has 3 rings (SSSR count). The summed E-state index contributed by atoms with van der Waals surface area (Å²) in [5, 5.41) is 2.08. The summed E-state index contributed by atoms with van der Waals surface area (Å²) in [5.74, 6) is 1.41. The molecule has 0 aliphatic carbocycles. The molecular weight excluding hydrogens is 258 g/mol. The van der Waals surface area contributed by atoms with Crippen molar-refractivity contribution in [1.29, 1.82) is 0 Å². The molecule has 98 valence electrons. The summed E-state index contributed by atoms with van der Waals surface area (Å²) in [5.41, 5.74) is 7.07. The molecule has 1 aromatic carbocycles. The van der Waals surface area contributed by atoms with Crippen LogP contribution in [0.1, 0.15) is 10.9 Å². The van der Waals surface area contributed by atoms with Crippen molar-refractivity contribution < 1.29 is 4.74 Å². The minimum Gasteiger partial charge on any atom is -0.497 e. The molecule has 1 aromatic heterocycles. The van der Waals surface area contributed by atoms with Gasteiger partial charge in [0.15, 0.2) is 5.96 Å². The Labute approximate surface area is 116 Å². The van der Waals surface area contributed by atoms with E-state index in [0.29, 0.717) is 12.5 Å².